The Labute approximate surface area is 226 Å². The Bertz CT molecular complexity index is 1150. The molecule has 5 heteroatoms. The smallest absolute Gasteiger partial charge is 0.140 e. The standard InChI is InChI=1S/C14H15NO.C10H12O2.C9H12O/c15-13(11-7-3-1-4-8-11)14(16)12-9-5-2-6-10-12;1-2-3-8-4-6-9(7-5-8)10(11)12;1-7-3-5-9(6-4-7)8(2)10/h1-10,13-14,16H,15H2;4-7H,2-3H2,1H3,(H,11,12);3-6,8,10H,1-2H3/t13-,14+;;8-/m1.0/s1. The highest BCUT2D eigenvalue weighted by atomic mass is 16.4. The van der Waals surface area contributed by atoms with Gasteiger partial charge in [-0.25, -0.2) is 0 Å². The highest BCUT2D eigenvalue weighted by molar-refractivity contribution is 5.85. The molecule has 200 valence electrons. The van der Waals surface area contributed by atoms with Gasteiger partial charge in [-0.15, -0.1) is 0 Å². The predicted molar refractivity (Wildman–Crippen MR) is 150 cm³/mol. The molecule has 0 spiro atoms. The van der Waals surface area contributed by atoms with Gasteiger partial charge in [0.2, 0.25) is 0 Å². The van der Waals surface area contributed by atoms with Crippen LogP contribution in [0.4, 0.5) is 0 Å². The van der Waals surface area contributed by atoms with E-state index < -0.39 is 12.1 Å². The number of hydrogen-bond acceptors (Lipinski definition) is 4. The predicted octanol–water partition coefficient (Wildman–Crippen LogP) is 4.75. The molecule has 0 saturated heterocycles. The van der Waals surface area contributed by atoms with Crippen LogP contribution >= 0.6 is 0 Å². The van der Waals surface area contributed by atoms with E-state index in [-0.39, 0.29) is 17.7 Å². The van der Waals surface area contributed by atoms with E-state index in [0.29, 0.717) is 0 Å². The topological polar surface area (TPSA) is 108 Å². The number of aryl methyl sites for hydroxylation is 2. The molecular formula is C33H39NO4. The number of quaternary nitrogens is 1. The molecule has 0 bridgehead atoms. The lowest BCUT2D eigenvalue weighted by atomic mass is 9.97. The molecule has 0 radical (unpaired) electrons. The molecule has 0 unspecified atom stereocenters. The molecule has 0 fully saturated rings. The molecule has 5 nitrogen and oxygen atoms in total. The number of aromatic carboxylic acids is 1. The number of hydrogen-bond donors (Lipinski definition) is 3. The lowest BCUT2D eigenvalue weighted by molar-refractivity contribution is -0.446. The van der Waals surface area contributed by atoms with Crippen molar-refractivity contribution in [2.24, 2.45) is 0 Å². The van der Waals surface area contributed by atoms with E-state index in [1.165, 1.54) is 11.1 Å². The Morgan fingerprint density at radius 3 is 1.71 bits per heavy atom. The zero-order valence-electron chi connectivity index (χ0n) is 22.5. The van der Waals surface area contributed by atoms with E-state index in [2.05, 4.69) is 12.7 Å². The molecule has 0 heterocycles. The van der Waals surface area contributed by atoms with Gasteiger partial charge in [0.15, 0.2) is 0 Å². The third-order valence-corrected chi connectivity index (χ3v) is 6.04. The molecule has 0 saturated carbocycles. The van der Waals surface area contributed by atoms with Crippen LogP contribution in [0.2, 0.25) is 0 Å². The van der Waals surface area contributed by atoms with E-state index in [0.717, 1.165) is 29.5 Å². The first-order valence-electron chi connectivity index (χ1n) is 12.9. The number of rotatable bonds is 7. The van der Waals surface area contributed by atoms with E-state index in [9.17, 15) is 15.0 Å². The number of carbonyl (C=O) groups is 1. The zero-order valence-corrected chi connectivity index (χ0v) is 22.5. The van der Waals surface area contributed by atoms with Crippen LogP contribution in [0.1, 0.15) is 76.7 Å². The second kappa shape index (κ2) is 16.2. The molecule has 3 atom stereocenters. The van der Waals surface area contributed by atoms with Gasteiger partial charge in [-0.3, -0.25) is 0 Å². The first kappa shape index (κ1) is 30.5. The van der Waals surface area contributed by atoms with E-state index >= 15 is 0 Å². The lowest BCUT2D eigenvalue weighted by Gasteiger charge is -2.16. The van der Waals surface area contributed by atoms with Gasteiger partial charge in [0.25, 0.3) is 0 Å². The zero-order chi connectivity index (χ0) is 27.9. The Morgan fingerprint density at radius 1 is 0.763 bits per heavy atom. The number of aliphatic hydroxyl groups is 2. The Hall–Kier alpha value is -3.77. The highest BCUT2D eigenvalue weighted by Gasteiger charge is 2.21. The molecule has 4 aromatic carbocycles. The van der Waals surface area contributed by atoms with Crippen LogP contribution in [-0.2, 0) is 6.42 Å². The van der Waals surface area contributed by atoms with Gasteiger partial charge in [0, 0.05) is 5.56 Å². The third kappa shape index (κ3) is 10.3. The van der Waals surface area contributed by atoms with Crippen LogP contribution in [0.5, 0.6) is 0 Å². The van der Waals surface area contributed by atoms with Crippen LogP contribution < -0.4 is 10.8 Å². The number of carbonyl (C=O) groups excluding carboxylic acids is 1. The van der Waals surface area contributed by atoms with Gasteiger partial charge in [0.05, 0.1) is 12.1 Å². The number of carboxylic acid groups (broad SMARTS) is 1. The third-order valence-electron chi connectivity index (χ3n) is 6.04. The van der Waals surface area contributed by atoms with Crippen LogP contribution in [0.15, 0.2) is 109 Å². The quantitative estimate of drug-likeness (QED) is 0.331. The van der Waals surface area contributed by atoms with Crippen molar-refractivity contribution in [3.05, 3.63) is 143 Å². The summed E-state index contributed by atoms with van der Waals surface area (Å²) in [6.07, 6.45) is 1.17. The van der Waals surface area contributed by atoms with Crippen LogP contribution in [-0.4, -0.2) is 16.2 Å². The molecule has 4 aromatic rings. The molecule has 38 heavy (non-hydrogen) atoms. The Kier molecular flexibility index (Phi) is 12.9. The summed E-state index contributed by atoms with van der Waals surface area (Å²) in [4.78, 5) is 10.4. The highest BCUT2D eigenvalue weighted by Crippen LogP contribution is 2.24. The van der Waals surface area contributed by atoms with Gasteiger partial charge in [-0.2, -0.15) is 0 Å². The average molecular weight is 514 g/mol. The second-order valence-corrected chi connectivity index (χ2v) is 9.19. The van der Waals surface area contributed by atoms with Crippen LogP contribution in [0, 0.1) is 6.92 Å². The van der Waals surface area contributed by atoms with Crippen molar-refractivity contribution >= 4 is 5.97 Å². The van der Waals surface area contributed by atoms with Crippen LogP contribution in [0.3, 0.4) is 0 Å². The van der Waals surface area contributed by atoms with E-state index in [1.54, 1.807) is 19.1 Å². The van der Waals surface area contributed by atoms with Gasteiger partial charge in [-0.1, -0.05) is 128 Å². The normalized spacial score (nSPS) is 12.6. The first-order valence-corrected chi connectivity index (χ1v) is 12.9. The minimum absolute atomic E-state index is 0.136. The van der Waals surface area contributed by atoms with Crippen molar-refractivity contribution in [1.82, 2.24) is 0 Å². The number of aliphatic hydroxyl groups excluding tert-OH is 2. The largest absolute Gasteiger partial charge is 0.545 e. The van der Waals surface area contributed by atoms with Gasteiger partial charge < -0.3 is 25.8 Å². The molecule has 0 aliphatic carbocycles. The Morgan fingerprint density at radius 2 is 1.26 bits per heavy atom. The summed E-state index contributed by atoms with van der Waals surface area (Å²) in [6.45, 7) is 5.89. The lowest BCUT2D eigenvalue weighted by Crippen LogP contribution is -2.56. The van der Waals surface area contributed by atoms with Gasteiger partial charge in [-0.05, 0) is 42.5 Å². The minimum atomic E-state index is -1.11. The fourth-order valence-electron chi connectivity index (χ4n) is 3.71. The maximum atomic E-state index is 10.4. The number of benzene rings is 4. The van der Waals surface area contributed by atoms with Crippen molar-refractivity contribution in [3.8, 4) is 0 Å². The minimum Gasteiger partial charge on any atom is -0.545 e. The summed E-state index contributed by atoms with van der Waals surface area (Å²) < 4.78 is 0. The molecule has 4 rings (SSSR count). The molecular weight excluding hydrogens is 474 g/mol. The van der Waals surface area contributed by atoms with E-state index in [1.807, 2.05) is 104 Å². The van der Waals surface area contributed by atoms with Gasteiger partial charge >= 0.3 is 0 Å². The Balaban J connectivity index is 0.000000207. The molecule has 0 amide bonds. The van der Waals surface area contributed by atoms with Crippen LogP contribution in [0.25, 0.3) is 0 Å². The van der Waals surface area contributed by atoms with Gasteiger partial charge in [0.1, 0.15) is 12.1 Å². The van der Waals surface area contributed by atoms with Crippen molar-refractivity contribution < 1.29 is 25.8 Å². The maximum Gasteiger partial charge on any atom is 0.140 e. The van der Waals surface area contributed by atoms with Crippen molar-refractivity contribution in [2.75, 3.05) is 0 Å². The summed E-state index contributed by atoms with van der Waals surface area (Å²) in [5, 5.41) is 29.7. The summed E-state index contributed by atoms with van der Waals surface area (Å²) >= 11 is 0. The summed E-state index contributed by atoms with van der Waals surface area (Å²) in [7, 11) is 0. The monoisotopic (exact) mass is 513 g/mol. The molecule has 0 aromatic heterocycles. The molecule has 0 aliphatic rings. The van der Waals surface area contributed by atoms with Crippen molar-refractivity contribution in [3.63, 3.8) is 0 Å². The fraction of sp³-hybridized carbons (Fsp3) is 0.242. The molecule has 5 N–H and O–H groups in total. The van der Waals surface area contributed by atoms with Crippen molar-refractivity contribution in [1.29, 1.82) is 0 Å². The second-order valence-electron chi connectivity index (χ2n) is 9.19. The summed E-state index contributed by atoms with van der Waals surface area (Å²) in [6, 6.07) is 34.1. The molecule has 0 aliphatic heterocycles. The maximum absolute atomic E-state index is 10.4. The first-order chi connectivity index (χ1) is 18.2. The van der Waals surface area contributed by atoms with Crippen molar-refractivity contribution in [2.45, 2.75) is 51.9 Å². The van der Waals surface area contributed by atoms with E-state index in [4.69, 9.17) is 5.11 Å². The summed E-state index contributed by atoms with van der Waals surface area (Å²) in [5.74, 6) is -1.11. The number of carboxylic acids is 1. The fourth-order valence-corrected chi connectivity index (χ4v) is 3.71. The average Bonchev–Trinajstić information content (AvgIpc) is 2.94. The summed E-state index contributed by atoms with van der Waals surface area (Å²) in [5.41, 5.74) is 9.62. The SMILES string of the molecule is CCCc1ccc(C(=O)[O-])cc1.Cc1ccc([C@H](C)O)cc1.[NH3+][C@H](c1ccccc1)[C@@H](O)c1ccccc1.